The third kappa shape index (κ3) is 4.28. The van der Waals surface area contributed by atoms with E-state index in [1.807, 2.05) is 6.20 Å². The lowest BCUT2D eigenvalue weighted by atomic mass is 9.99. The Kier molecular flexibility index (Phi) is 5.66. The number of morpholine rings is 1. The van der Waals surface area contributed by atoms with E-state index in [4.69, 9.17) is 9.47 Å². The molecular weight excluding hydrogens is 369 g/mol. The van der Waals surface area contributed by atoms with Crippen LogP contribution in [0, 0.1) is 5.82 Å². The smallest absolute Gasteiger partial charge is 0.324 e. The van der Waals surface area contributed by atoms with Crippen LogP contribution in [0.15, 0.2) is 30.5 Å². The van der Waals surface area contributed by atoms with Crippen molar-refractivity contribution in [1.29, 1.82) is 0 Å². The molecular formula is C19H22FN3O3S. The van der Waals surface area contributed by atoms with E-state index in [-0.39, 0.29) is 17.9 Å². The molecule has 1 aromatic carbocycles. The highest BCUT2D eigenvalue weighted by Gasteiger charge is 2.29. The third-order valence-electron chi connectivity index (χ3n) is 5.01. The Bertz CT molecular complexity index is 777. The fourth-order valence-corrected chi connectivity index (χ4v) is 4.46. The van der Waals surface area contributed by atoms with Crippen molar-refractivity contribution in [3.8, 4) is 0 Å². The molecule has 1 atom stereocenters. The van der Waals surface area contributed by atoms with Gasteiger partial charge >= 0.3 is 6.03 Å². The maximum atomic E-state index is 13.2. The van der Waals surface area contributed by atoms with E-state index >= 15 is 0 Å². The van der Waals surface area contributed by atoms with E-state index in [9.17, 15) is 9.18 Å². The molecule has 27 heavy (non-hydrogen) atoms. The lowest BCUT2D eigenvalue weighted by Gasteiger charge is -2.35. The van der Waals surface area contributed by atoms with Crippen molar-refractivity contribution in [3.63, 3.8) is 0 Å². The van der Waals surface area contributed by atoms with Gasteiger partial charge in [-0.25, -0.2) is 14.2 Å². The SMILES string of the molecule is O=C(Nc1ncc(C2CCOCC2)s1)N1CCOCC1c1ccc(F)cc1. The molecule has 0 radical (unpaired) electrons. The first-order valence-corrected chi connectivity index (χ1v) is 9.96. The number of anilines is 1. The van der Waals surface area contributed by atoms with Crippen LogP contribution in [-0.2, 0) is 9.47 Å². The van der Waals surface area contributed by atoms with Crippen LogP contribution in [0.5, 0.6) is 0 Å². The average molecular weight is 391 g/mol. The first-order valence-electron chi connectivity index (χ1n) is 9.15. The van der Waals surface area contributed by atoms with Crippen molar-refractivity contribution < 1.29 is 18.7 Å². The van der Waals surface area contributed by atoms with E-state index in [0.717, 1.165) is 31.6 Å². The largest absolute Gasteiger partial charge is 0.381 e. The first kappa shape index (κ1) is 18.3. The molecule has 1 N–H and O–H groups in total. The highest BCUT2D eigenvalue weighted by atomic mass is 32.1. The number of rotatable bonds is 3. The number of hydrogen-bond donors (Lipinski definition) is 1. The third-order valence-corrected chi connectivity index (χ3v) is 6.08. The van der Waals surface area contributed by atoms with Crippen LogP contribution >= 0.6 is 11.3 Å². The van der Waals surface area contributed by atoms with Crippen LogP contribution in [0.4, 0.5) is 14.3 Å². The first-order chi connectivity index (χ1) is 13.2. The van der Waals surface area contributed by atoms with Gasteiger partial charge in [0.15, 0.2) is 5.13 Å². The molecule has 3 heterocycles. The van der Waals surface area contributed by atoms with Crippen molar-refractivity contribution in [3.05, 3.63) is 46.7 Å². The Morgan fingerprint density at radius 2 is 1.96 bits per heavy atom. The second-order valence-electron chi connectivity index (χ2n) is 6.72. The Balaban J connectivity index is 1.44. The number of amides is 2. The van der Waals surface area contributed by atoms with E-state index in [0.29, 0.717) is 30.8 Å². The minimum absolute atomic E-state index is 0.208. The molecule has 6 nitrogen and oxygen atoms in total. The summed E-state index contributed by atoms with van der Waals surface area (Å²) in [6.07, 6.45) is 3.84. The van der Waals surface area contributed by atoms with Gasteiger partial charge in [0, 0.05) is 30.8 Å². The van der Waals surface area contributed by atoms with Gasteiger partial charge in [0.2, 0.25) is 0 Å². The molecule has 2 aliphatic heterocycles. The van der Waals surface area contributed by atoms with Gasteiger partial charge in [0.1, 0.15) is 5.82 Å². The summed E-state index contributed by atoms with van der Waals surface area (Å²) in [5.74, 6) is 0.159. The Hall–Kier alpha value is -2.03. The summed E-state index contributed by atoms with van der Waals surface area (Å²) in [5, 5.41) is 3.52. The molecule has 2 fully saturated rings. The maximum absolute atomic E-state index is 13.2. The van der Waals surface area contributed by atoms with Crippen molar-refractivity contribution in [2.24, 2.45) is 0 Å². The van der Waals surface area contributed by atoms with Gasteiger partial charge < -0.3 is 14.4 Å². The van der Waals surface area contributed by atoms with E-state index in [1.165, 1.54) is 28.3 Å². The van der Waals surface area contributed by atoms with Gasteiger partial charge in [0.25, 0.3) is 0 Å². The van der Waals surface area contributed by atoms with Gasteiger partial charge in [-0.15, -0.1) is 11.3 Å². The summed E-state index contributed by atoms with van der Waals surface area (Å²) in [6.45, 7) is 2.90. The van der Waals surface area contributed by atoms with Gasteiger partial charge in [-0.2, -0.15) is 0 Å². The molecule has 144 valence electrons. The molecule has 0 bridgehead atoms. The molecule has 1 aromatic heterocycles. The Labute approximate surface area is 161 Å². The van der Waals surface area contributed by atoms with Crippen molar-refractivity contribution in [2.75, 3.05) is 38.3 Å². The van der Waals surface area contributed by atoms with Crippen LogP contribution in [0.2, 0.25) is 0 Å². The number of aromatic nitrogens is 1. The van der Waals surface area contributed by atoms with Crippen molar-refractivity contribution in [1.82, 2.24) is 9.88 Å². The molecule has 2 aromatic rings. The van der Waals surface area contributed by atoms with Gasteiger partial charge in [-0.1, -0.05) is 12.1 Å². The summed E-state index contributed by atoms with van der Waals surface area (Å²) in [7, 11) is 0. The summed E-state index contributed by atoms with van der Waals surface area (Å²) in [5.41, 5.74) is 0.855. The van der Waals surface area contributed by atoms with E-state index in [2.05, 4.69) is 10.3 Å². The summed E-state index contributed by atoms with van der Waals surface area (Å²) in [6, 6.07) is 5.75. The number of hydrogen-bond acceptors (Lipinski definition) is 5. The number of benzene rings is 1. The van der Waals surface area contributed by atoms with E-state index in [1.54, 1.807) is 17.0 Å². The van der Waals surface area contributed by atoms with Gasteiger partial charge in [-0.3, -0.25) is 5.32 Å². The maximum Gasteiger partial charge on any atom is 0.324 e. The molecule has 0 spiro atoms. The number of ether oxygens (including phenoxy) is 2. The Morgan fingerprint density at radius 1 is 1.19 bits per heavy atom. The number of nitrogens with zero attached hydrogens (tertiary/aromatic N) is 2. The van der Waals surface area contributed by atoms with Crippen LogP contribution in [0.3, 0.4) is 0 Å². The molecule has 4 rings (SSSR count). The van der Waals surface area contributed by atoms with E-state index < -0.39 is 0 Å². The van der Waals surface area contributed by atoms with Crippen LogP contribution in [0.1, 0.15) is 35.2 Å². The van der Waals surface area contributed by atoms with Gasteiger partial charge in [-0.05, 0) is 36.5 Å². The molecule has 2 amide bonds. The number of halogens is 1. The lowest BCUT2D eigenvalue weighted by Crippen LogP contribution is -2.45. The lowest BCUT2D eigenvalue weighted by molar-refractivity contribution is 0.0147. The highest BCUT2D eigenvalue weighted by molar-refractivity contribution is 7.15. The summed E-state index contributed by atoms with van der Waals surface area (Å²) < 4.78 is 24.2. The minimum atomic E-state index is -0.296. The molecule has 0 saturated carbocycles. The monoisotopic (exact) mass is 391 g/mol. The van der Waals surface area contributed by atoms with Crippen molar-refractivity contribution in [2.45, 2.75) is 24.8 Å². The second-order valence-corrected chi connectivity index (χ2v) is 7.78. The van der Waals surface area contributed by atoms with Gasteiger partial charge in [0.05, 0.1) is 19.3 Å². The molecule has 8 heteroatoms. The summed E-state index contributed by atoms with van der Waals surface area (Å²) >= 11 is 1.52. The zero-order valence-electron chi connectivity index (χ0n) is 14.9. The number of nitrogens with one attached hydrogen (secondary N) is 1. The zero-order chi connectivity index (χ0) is 18.6. The molecule has 0 aliphatic carbocycles. The number of carbonyl (C=O) groups is 1. The average Bonchev–Trinajstić information content (AvgIpc) is 3.18. The highest BCUT2D eigenvalue weighted by Crippen LogP contribution is 2.33. The standard InChI is InChI=1S/C19H22FN3O3S/c20-15-3-1-13(2-4-15)16-12-26-10-7-23(16)19(24)22-18-21-11-17(27-18)14-5-8-25-9-6-14/h1-4,11,14,16H,5-10,12H2,(H,21,22,24). The topological polar surface area (TPSA) is 63.7 Å². The normalized spacial score (nSPS) is 21.2. The van der Waals surface area contributed by atoms with Crippen molar-refractivity contribution >= 4 is 22.5 Å². The van der Waals surface area contributed by atoms with Crippen LogP contribution in [0.25, 0.3) is 0 Å². The predicted octanol–water partition coefficient (Wildman–Crippen LogP) is 3.78. The van der Waals surface area contributed by atoms with Crippen LogP contribution < -0.4 is 5.32 Å². The second kappa shape index (κ2) is 8.33. The molecule has 2 saturated heterocycles. The number of thiazole rings is 1. The summed E-state index contributed by atoms with van der Waals surface area (Å²) in [4.78, 5) is 20.1. The zero-order valence-corrected chi connectivity index (χ0v) is 15.7. The quantitative estimate of drug-likeness (QED) is 0.865. The number of carbonyl (C=O) groups excluding carboxylic acids is 1. The molecule has 2 aliphatic rings. The Morgan fingerprint density at radius 3 is 2.74 bits per heavy atom. The molecule has 1 unspecified atom stereocenters. The predicted molar refractivity (Wildman–Crippen MR) is 101 cm³/mol. The number of urea groups is 1. The fraction of sp³-hybridized carbons (Fsp3) is 0.474. The fourth-order valence-electron chi connectivity index (χ4n) is 3.49. The minimum Gasteiger partial charge on any atom is -0.381 e. The van der Waals surface area contributed by atoms with Crippen LogP contribution in [-0.4, -0.2) is 48.9 Å².